The minimum atomic E-state index is 0.000828. The van der Waals surface area contributed by atoms with Gasteiger partial charge in [0.1, 0.15) is 5.00 Å². The van der Waals surface area contributed by atoms with E-state index in [9.17, 15) is 9.59 Å². The Balaban J connectivity index is 1.26. The highest BCUT2D eigenvalue weighted by atomic mass is 32.1. The second kappa shape index (κ2) is 10.3. The van der Waals surface area contributed by atoms with Crippen molar-refractivity contribution in [3.8, 4) is 0 Å². The van der Waals surface area contributed by atoms with Crippen LogP contribution in [0.15, 0.2) is 48.5 Å². The van der Waals surface area contributed by atoms with E-state index in [2.05, 4.69) is 42.3 Å². The van der Waals surface area contributed by atoms with Gasteiger partial charge in [-0.15, -0.1) is 11.3 Å². The molecule has 35 heavy (non-hydrogen) atoms. The molecule has 0 spiro atoms. The predicted molar refractivity (Wildman–Crippen MR) is 143 cm³/mol. The van der Waals surface area contributed by atoms with Crippen LogP contribution in [0.3, 0.4) is 0 Å². The van der Waals surface area contributed by atoms with E-state index in [-0.39, 0.29) is 11.7 Å². The molecule has 1 aliphatic carbocycles. The molecule has 0 atom stereocenters. The van der Waals surface area contributed by atoms with Crippen LogP contribution in [0.25, 0.3) is 0 Å². The average Bonchev–Trinajstić information content (AvgIpc) is 3.24. The summed E-state index contributed by atoms with van der Waals surface area (Å²) in [7, 11) is 0. The van der Waals surface area contributed by atoms with Gasteiger partial charge in [-0.1, -0.05) is 42.5 Å². The number of thiophene rings is 1. The highest BCUT2D eigenvalue weighted by molar-refractivity contribution is 7.17. The molecule has 2 heterocycles. The van der Waals surface area contributed by atoms with Crippen LogP contribution < -0.4 is 15.1 Å². The molecule has 0 saturated carbocycles. The topological polar surface area (TPSA) is 53.9 Å². The summed E-state index contributed by atoms with van der Waals surface area (Å²) in [6.07, 6.45) is 4.16. The zero-order valence-corrected chi connectivity index (χ0v) is 21.5. The molecule has 2 aliphatic rings. The molecule has 1 amide bonds. The standard InChI is InChI=1S/C29H33N3O2S/c1-20-9-8-13-24(21(20)2)32-17-15-31(16-18-32)19-26(33)30-29-27(23-12-6-7-14-25(23)35-29)28(34)22-10-4-3-5-11-22/h3-5,8-11,13H,6-7,12,14-19H2,1-2H3,(H,30,33)/p+1. The normalized spacial score (nSPS) is 16.1. The lowest BCUT2D eigenvalue weighted by atomic mass is 9.92. The largest absolute Gasteiger partial charge is 0.360 e. The van der Waals surface area contributed by atoms with Gasteiger partial charge in [-0.2, -0.15) is 0 Å². The number of hydrogen-bond acceptors (Lipinski definition) is 4. The van der Waals surface area contributed by atoms with E-state index in [4.69, 9.17) is 0 Å². The number of nitrogens with one attached hydrogen (secondary N) is 2. The first-order valence-corrected chi connectivity index (χ1v) is 13.5. The summed E-state index contributed by atoms with van der Waals surface area (Å²) < 4.78 is 0. The van der Waals surface area contributed by atoms with Gasteiger partial charge >= 0.3 is 0 Å². The highest BCUT2D eigenvalue weighted by Crippen LogP contribution is 2.39. The van der Waals surface area contributed by atoms with Gasteiger partial charge in [0.05, 0.1) is 31.7 Å². The summed E-state index contributed by atoms with van der Waals surface area (Å²) in [5, 5.41) is 3.89. The second-order valence-corrected chi connectivity index (χ2v) is 10.9. The molecule has 5 rings (SSSR count). The van der Waals surface area contributed by atoms with E-state index in [1.165, 1.54) is 26.6 Å². The van der Waals surface area contributed by atoms with Crippen LogP contribution in [-0.2, 0) is 17.6 Å². The number of amides is 1. The number of rotatable bonds is 6. The van der Waals surface area contributed by atoms with Crippen LogP contribution in [0, 0.1) is 13.8 Å². The fraction of sp³-hybridized carbons (Fsp3) is 0.379. The van der Waals surface area contributed by atoms with Gasteiger partial charge in [0.2, 0.25) is 0 Å². The number of fused-ring (bicyclic) bond motifs is 1. The lowest BCUT2D eigenvalue weighted by molar-refractivity contribution is -0.892. The van der Waals surface area contributed by atoms with E-state index >= 15 is 0 Å². The third kappa shape index (κ3) is 5.04. The number of carbonyl (C=O) groups is 2. The first kappa shape index (κ1) is 23.8. The summed E-state index contributed by atoms with van der Waals surface area (Å²) >= 11 is 1.61. The molecule has 6 heteroatoms. The fourth-order valence-electron chi connectivity index (χ4n) is 5.34. The van der Waals surface area contributed by atoms with Crippen molar-refractivity contribution in [2.45, 2.75) is 39.5 Å². The van der Waals surface area contributed by atoms with E-state index in [1.54, 1.807) is 11.3 Å². The van der Waals surface area contributed by atoms with Gasteiger partial charge in [-0.25, -0.2) is 0 Å². The maximum Gasteiger partial charge on any atom is 0.280 e. The number of benzene rings is 2. The zero-order chi connectivity index (χ0) is 24.4. The summed E-state index contributed by atoms with van der Waals surface area (Å²) in [5.74, 6) is 0.0238. The lowest BCUT2D eigenvalue weighted by Crippen LogP contribution is -3.15. The number of anilines is 2. The third-order valence-corrected chi connectivity index (χ3v) is 8.69. The molecule has 0 bridgehead atoms. The monoisotopic (exact) mass is 488 g/mol. The molecular formula is C29H34N3O2S+. The van der Waals surface area contributed by atoms with Crippen molar-refractivity contribution in [1.29, 1.82) is 0 Å². The molecular weight excluding hydrogens is 454 g/mol. The smallest absolute Gasteiger partial charge is 0.280 e. The molecule has 1 saturated heterocycles. The zero-order valence-electron chi connectivity index (χ0n) is 20.7. The van der Waals surface area contributed by atoms with Crippen LogP contribution in [0.2, 0.25) is 0 Å². The van der Waals surface area contributed by atoms with Crippen molar-refractivity contribution < 1.29 is 14.5 Å². The van der Waals surface area contributed by atoms with Gasteiger partial charge in [-0.05, 0) is 62.3 Å². The Kier molecular flexibility index (Phi) is 7.02. The Bertz CT molecular complexity index is 1230. The van der Waals surface area contributed by atoms with Crippen molar-refractivity contribution in [2.24, 2.45) is 0 Å². The first-order chi connectivity index (χ1) is 17.0. The number of hydrogen-bond donors (Lipinski definition) is 2. The van der Waals surface area contributed by atoms with Crippen LogP contribution >= 0.6 is 11.3 Å². The Labute approximate surface area is 211 Å². The molecule has 0 unspecified atom stereocenters. The minimum absolute atomic E-state index is 0.000828. The maximum atomic E-state index is 13.4. The lowest BCUT2D eigenvalue weighted by Gasteiger charge is -2.34. The third-order valence-electron chi connectivity index (χ3n) is 7.49. The molecule has 3 aromatic rings. The van der Waals surface area contributed by atoms with E-state index in [0.29, 0.717) is 12.1 Å². The molecule has 2 aromatic carbocycles. The van der Waals surface area contributed by atoms with Crippen molar-refractivity contribution in [3.05, 3.63) is 81.2 Å². The molecule has 182 valence electrons. The molecule has 1 aromatic heterocycles. The Morgan fingerprint density at radius 3 is 2.49 bits per heavy atom. The van der Waals surface area contributed by atoms with Crippen LogP contribution in [-0.4, -0.2) is 44.4 Å². The number of ketones is 1. The van der Waals surface area contributed by atoms with Gasteiger partial charge in [-0.3, -0.25) is 9.59 Å². The molecule has 0 radical (unpaired) electrons. The average molecular weight is 489 g/mol. The quantitative estimate of drug-likeness (QED) is 0.519. The summed E-state index contributed by atoms with van der Waals surface area (Å²) in [4.78, 5) is 31.5. The van der Waals surface area contributed by atoms with Crippen molar-refractivity contribution >= 4 is 33.7 Å². The molecule has 5 nitrogen and oxygen atoms in total. The molecule has 2 N–H and O–H groups in total. The van der Waals surface area contributed by atoms with Crippen LogP contribution in [0.5, 0.6) is 0 Å². The van der Waals surface area contributed by atoms with Crippen LogP contribution in [0.4, 0.5) is 10.7 Å². The van der Waals surface area contributed by atoms with E-state index in [0.717, 1.165) is 68.0 Å². The van der Waals surface area contributed by atoms with Gasteiger partial charge in [0.15, 0.2) is 12.3 Å². The maximum absolute atomic E-state index is 13.4. The predicted octanol–water partition coefficient (Wildman–Crippen LogP) is 3.82. The number of aryl methyl sites for hydroxylation is 2. The van der Waals surface area contributed by atoms with Crippen molar-refractivity contribution in [1.82, 2.24) is 0 Å². The second-order valence-electron chi connectivity index (χ2n) is 9.79. The molecule has 1 aliphatic heterocycles. The van der Waals surface area contributed by atoms with Gasteiger partial charge in [0, 0.05) is 16.1 Å². The SMILES string of the molecule is Cc1cccc(N2CC[NH+](CC(=O)Nc3sc4c(c3C(=O)c3ccccc3)CCCC4)CC2)c1C. The van der Waals surface area contributed by atoms with Crippen molar-refractivity contribution in [3.63, 3.8) is 0 Å². The van der Waals surface area contributed by atoms with Crippen molar-refractivity contribution in [2.75, 3.05) is 42.9 Å². The summed E-state index contributed by atoms with van der Waals surface area (Å²) in [6.45, 7) is 8.52. The van der Waals surface area contributed by atoms with E-state index < -0.39 is 0 Å². The van der Waals surface area contributed by atoms with Crippen LogP contribution in [0.1, 0.15) is 50.3 Å². The summed E-state index contributed by atoms with van der Waals surface area (Å²) in [6, 6.07) is 15.9. The Morgan fingerprint density at radius 1 is 0.971 bits per heavy atom. The number of piperazine rings is 1. The number of quaternary nitrogens is 1. The Hall–Kier alpha value is -2.96. The van der Waals surface area contributed by atoms with Gasteiger partial charge < -0.3 is 15.1 Å². The highest BCUT2D eigenvalue weighted by Gasteiger charge is 2.28. The Morgan fingerprint density at radius 2 is 1.71 bits per heavy atom. The number of carbonyl (C=O) groups excluding carboxylic acids is 2. The molecule has 1 fully saturated rings. The fourth-order valence-corrected chi connectivity index (χ4v) is 6.65. The first-order valence-electron chi connectivity index (χ1n) is 12.7. The summed E-state index contributed by atoms with van der Waals surface area (Å²) in [5.41, 5.74) is 6.52. The number of nitrogens with zero attached hydrogens (tertiary/aromatic N) is 1. The minimum Gasteiger partial charge on any atom is -0.360 e. The van der Waals surface area contributed by atoms with E-state index in [1.807, 2.05) is 30.3 Å². The van der Waals surface area contributed by atoms with Gasteiger partial charge in [0.25, 0.3) is 5.91 Å².